The highest BCUT2D eigenvalue weighted by Crippen LogP contribution is 2.21. The van der Waals surface area contributed by atoms with Crippen LogP contribution in [0.3, 0.4) is 0 Å². The second-order valence-corrected chi connectivity index (χ2v) is 3.48. The number of hydrogen-bond donors (Lipinski definition) is 0. The maximum absolute atomic E-state index is 5.13. The fourth-order valence-electron chi connectivity index (χ4n) is 0.824. The van der Waals surface area contributed by atoms with Gasteiger partial charge in [-0.3, -0.25) is 0 Å². The molecule has 8 heavy (non-hydrogen) atoms. The molecule has 0 N–H and O–H groups in total. The zero-order valence-electron chi connectivity index (χ0n) is 4.80. The molecular formula is C6H9IO. The van der Waals surface area contributed by atoms with E-state index < -0.39 is 0 Å². The van der Waals surface area contributed by atoms with Gasteiger partial charge in [0.25, 0.3) is 0 Å². The maximum Gasteiger partial charge on any atom is 0.0872 e. The average molecular weight is 224 g/mol. The molecule has 0 fully saturated rings. The lowest BCUT2D eigenvalue weighted by atomic mass is 10.3. The van der Waals surface area contributed by atoms with E-state index in [-0.39, 0.29) is 0 Å². The lowest BCUT2D eigenvalue weighted by Crippen LogP contribution is -2.14. The fraction of sp³-hybridized carbons (Fsp3) is 0.667. The van der Waals surface area contributed by atoms with Crippen molar-refractivity contribution in [3.8, 4) is 0 Å². The van der Waals surface area contributed by atoms with Crippen LogP contribution in [0.15, 0.2) is 12.2 Å². The summed E-state index contributed by atoms with van der Waals surface area (Å²) >= 11 is 2.41. The maximum atomic E-state index is 5.13. The van der Waals surface area contributed by atoms with Crippen LogP contribution >= 0.6 is 22.6 Å². The van der Waals surface area contributed by atoms with E-state index in [1.807, 2.05) is 0 Å². The monoisotopic (exact) mass is 224 g/mol. The standard InChI is InChI=1S/C6H9IO/c1-8-6-4-2-3-5(6)7/h2,4-6H,3H2,1H3/t5-,6-/m1/s1. The minimum atomic E-state index is 0.371. The van der Waals surface area contributed by atoms with E-state index in [4.69, 9.17) is 4.74 Å². The van der Waals surface area contributed by atoms with Gasteiger partial charge in [0.2, 0.25) is 0 Å². The summed E-state index contributed by atoms with van der Waals surface area (Å²) in [5.74, 6) is 0. The van der Waals surface area contributed by atoms with Crippen LogP contribution in [0.25, 0.3) is 0 Å². The second-order valence-electron chi connectivity index (χ2n) is 1.88. The summed E-state index contributed by atoms with van der Waals surface area (Å²) in [6.07, 6.45) is 5.83. The van der Waals surface area contributed by atoms with Crippen LogP contribution in [0.4, 0.5) is 0 Å². The summed E-state index contributed by atoms with van der Waals surface area (Å²) in [5.41, 5.74) is 0. The number of ether oxygens (including phenoxy) is 1. The molecule has 2 atom stereocenters. The van der Waals surface area contributed by atoms with Gasteiger partial charge in [-0.2, -0.15) is 0 Å². The van der Waals surface area contributed by atoms with Gasteiger partial charge in [-0.15, -0.1) is 0 Å². The predicted octanol–water partition coefficient (Wildman–Crippen LogP) is 1.76. The molecule has 1 aliphatic rings. The van der Waals surface area contributed by atoms with Gasteiger partial charge in [-0.25, -0.2) is 0 Å². The molecule has 1 rings (SSSR count). The average Bonchev–Trinajstić information content (AvgIpc) is 2.14. The third-order valence-corrected chi connectivity index (χ3v) is 2.53. The largest absolute Gasteiger partial charge is 0.376 e. The van der Waals surface area contributed by atoms with Crippen molar-refractivity contribution in [2.24, 2.45) is 0 Å². The van der Waals surface area contributed by atoms with E-state index in [9.17, 15) is 0 Å². The summed E-state index contributed by atoms with van der Waals surface area (Å²) < 4.78 is 5.79. The molecule has 0 aromatic rings. The molecule has 0 aliphatic heterocycles. The Hall–Kier alpha value is 0.430. The van der Waals surface area contributed by atoms with Crippen LogP contribution < -0.4 is 0 Å². The smallest absolute Gasteiger partial charge is 0.0872 e. The van der Waals surface area contributed by atoms with Crippen LogP contribution in [0, 0.1) is 0 Å². The highest BCUT2D eigenvalue weighted by atomic mass is 127. The van der Waals surface area contributed by atoms with Gasteiger partial charge in [-0.05, 0) is 6.42 Å². The highest BCUT2D eigenvalue weighted by Gasteiger charge is 2.17. The Morgan fingerprint density at radius 1 is 1.75 bits per heavy atom. The molecule has 0 saturated heterocycles. The third-order valence-electron chi connectivity index (χ3n) is 1.32. The van der Waals surface area contributed by atoms with Gasteiger partial charge in [0, 0.05) is 11.0 Å². The van der Waals surface area contributed by atoms with Crippen molar-refractivity contribution < 1.29 is 4.74 Å². The lowest BCUT2D eigenvalue weighted by Gasteiger charge is -2.09. The van der Waals surface area contributed by atoms with Gasteiger partial charge >= 0.3 is 0 Å². The van der Waals surface area contributed by atoms with Gasteiger partial charge in [0.1, 0.15) is 0 Å². The zero-order valence-corrected chi connectivity index (χ0v) is 6.96. The van der Waals surface area contributed by atoms with Gasteiger partial charge in [0.15, 0.2) is 0 Å². The van der Waals surface area contributed by atoms with Crippen molar-refractivity contribution in [1.82, 2.24) is 0 Å². The molecule has 1 aliphatic carbocycles. The summed E-state index contributed by atoms with van der Waals surface area (Å²) in [5, 5.41) is 0. The van der Waals surface area contributed by atoms with Crippen molar-refractivity contribution in [3.05, 3.63) is 12.2 Å². The number of halogens is 1. The molecule has 2 heteroatoms. The van der Waals surface area contributed by atoms with E-state index in [1.54, 1.807) is 7.11 Å². The molecule has 0 amide bonds. The van der Waals surface area contributed by atoms with Crippen molar-refractivity contribution in [1.29, 1.82) is 0 Å². The van der Waals surface area contributed by atoms with Crippen molar-refractivity contribution in [2.75, 3.05) is 7.11 Å². The van der Waals surface area contributed by atoms with Crippen molar-refractivity contribution >= 4 is 22.6 Å². The molecule has 0 bridgehead atoms. The Morgan fingerprint density at radius 3 is 2.75 bits per heavy atom. The summed E-state index contributed by atoms with van der Waals surface area (Å²) in [6.45, 7) is 0. The number of rotatable bonds is 1. The van der Waals surface area contributed by atoms with E-state index in [2.05, 4.69) is 34.7 Å². The molecule has 0 saturated carbocycles. The zero-order chi connectivity index (χ0) is 5.98. The molecule has 0 aromatic carbocycles. The number of hydrogen-bond acceptors (Lipinski definition) is 1. The fourth-order valence-corrected chi connectivity index (χ4v) is 1.65. The second kappa shape index (κ2) is 2.82. The first-order valence-corrected chi connectivity index (χ1v) is 3.92. The Bertz CT molecular complexity index is 101. The minimum Gasteiger partial charge on any atom is -0.376 e. The molecule has 0 heterocycles. The van der Waals surface area contributed by atoms with Crippen molar-refractivity contribution in [3.63, 3.8) is 0 Å². The number of methoxy groups -OCH3 is 1. The Kier molecular flexibility index (Phi) is 2.31. The highest BCUT2D eigenvalue weighted by molar-refractivity contribution is 14.1. The summed E-state index contributed by atoms with van der Waals surface area (Å²) in [7, 11) is 1.76. The molecule has 1 nitrogen and oxygen atoms in total. The SMILES string of the molecule is CO[C@@H]1C=CC[C@H]1I. The first kappa shape index (κ1) is 6.55. The normalized spacial score (nSPS) is 36.2. The first-order valence-electron chi connectivity index (χ1n) is 2.68. The van der Waals surface area contributed by atoms with E-state index in [0.29, 0.717) is 10.0 Å². The first-order chi connectivity index (χ1) is 3.84. The number of allylic oxidation sites excluding steroid dienone is 1. The van der Waals surface area contributed by atoms with E-state index in [0.717, 1.165) is 0 Å². The van der Waals surface area contributed by atoms with E-state index in [1.165, 1.54) is 6.42 Å². The quantitative estimate of drug-likeness (QED) is 0.374. The molecular weight excluding hydrogens is 215 g/mol. The van der Waals surface area contributed by atoms with Crippen molar-refractivity contribution in [2.45, 2.75) is 16.4 Å². The van der Waals surface area contributed by atoms with Crippen LogP contribution in [-0.2, 0) is 4.74 Å². The molecule has 0 unspecified atom stereocenters. The Balaban J connectivity index is 2.41. The van der Waals surface area contributed by atoms with Gasteiger partial charge in [0.05, 0.1) is 6.10 Å². The third kappa shape index (κ3) is 1.23. The summed E-state index contributed by atoms with van der Waals surface area (Å²) in [6, 6.07) is 0. The lowest BCUT2D eigenvalue weighted by molar-refractivity contribution is 0.148. The topological polar surface area (TPSA) is 9.23 Å². The Labute approximate surface area is 63.2 Å². The molecule has 46 valence electrons. The molecule has 0 spiro atoms. The van der Waals surface area contributed by atoms with Crippen LogP contribution in [-0.4, -0.2) is 17.1 Å². The van der Waals surface area contributed by atoms with Gasteiger partial charge in [-0.1, -0.05) is 34.7 Å². The van der Waals surface area contributed by atoms with Crippen LogP contribution in [0.5, 0.6) is 0 Å². The van der Waals surface area contributed by atoms with E-state index >= 15 is 0 Å². The number of alkyl halides is 1. The minimum absolute atomic E-state index is 0.371. The van der Waals surface area contributed by atoms with Crippen LogP contribution in [0.1, 0.15) is 6.42 Å². The van der Waals surface area contributed by atoms with Crippen LogP contribution in [0.2, 0.25) is 0 Å². The molecule has 0 aromatic heterocycles. The molecule has 0 radical (unpaired) electrons. The van der Waals surface area contributed by atoms with Gasteiger partial charge < -0.3 is 4.74 Å². The Morgan fingerprint density at radius 2 is 2.50 bits per heavy atom. The predicted molar refractivity (Wildman–Crippen MR) is 42.4 cm³/mol. The summed E-state index contributed by atoms with van der Waals surface area (Å²) in [4.78, 5) is 0.